The van der Waals surface area contributed by atoms with E-state index in [0.717, 1.165) is 16.8 Å². The molecular formula is C26H34F2N4O7S. The van der Waals surface area contributed by atoms with Gasteiger partial charge in [0.25, 0.3) is 5.91 Å². The third-order valence-electron chi connectivity index (χ3n) is 6.17. The number of anilines is 1. The van der Waals surface area contributed by atoms with E-state index >= 15 is 4.39 Å². The SMILES string of the molecule is CCOC(=O)C1CCN(C(=O)OC(C)(C)C)CC1NS(=O)(=O)c1cn(C)c(C(=O)Nc2ccc(F)c(C)c2)c1F. The number of hydrogen-bond donors (Lipinski definition) is 2. The van der Waals surface area contributed by atoms with Gasteiger partial charge in [0.1, 0.15) is 22.0 Å². The lowest BCUT2D eigenvalue weighted by molar-refractivity contribution is -0.150. The van der Waals surface area contributed by atoms with Gasteiger partial charge in [-0.15, -0.1) is 0 Å². The van der Waals surface area contributed by atoms with Gasteiger partial charge in [0.15, 0.2) is 5.82 Å². The van der Waals surface area contributed by atoms with Gasteiger partial charge in [0.2, 0.25) is 10.0 Å². The number of piperidine rings is 1. The molecule has 0 radical (unpaired) electrons. The Hall–Kier alpha value is -3.52. The van der Waals surface area contributed by atoms with Crippen LogP contribution in [0.4, 0.5) is 19.3 Å². The molecule has 2 unspecified atom stereocenters. The second kappa shape index (κ2) is 11.9. The summed E-state index contributed by atoms with van der Waals surface area (Å²) in [6.45, 7) is 8.07. The first-order valence-electron chi connectivity index (χ1n) is 12.6. The Morgan fingerprint density at radius 1 is 1.18 bits per heavy atom. The number of benzene rings is 1. The lowest BCUT2D eigenvalue weighted by Crippen LogP contribution is -2.56. The van der Waals surface area contributed by atoms with Gasteiger partial charge in [-0.1, -0.05) is 0 Å². The molecule has 0 bridgehead atoms. The smallest absolute Gasteiger partial charge is 0.410 e. The summed E-state index contributed by atoms with van der Waals surface area (Å²) in [5.74, 6) is -4.38. The molecule has 1 aromatic heterocycles. The minimum Gasteiger partial charge on any atom is -0.466 e. The Morgan fingerprint density at radius 2 is 1.85 bits per heavy atom. The molecule has 0 spiro atoms. The predicted molar refractivity (Wildman–Crippen MR) is 141 cm³/mol. The highest BCUT2D eigenvalue weighted by Crippen LogP contribution is 2.26. The topological polar surface area (TPSA) is 136 Å². The number of carbonyl (C=O) groups is 3. The summed E-state index contributed by atoms with van der Waals surface area (Å²) < 4.78 is 69.6. The standard InChI is InChI=1S/C26H34F2N4O7S/c1-7-38-24(34)17-10-11-32(25(35)39-26(3,4)5)13-19(17)30-40(36,37)20-14-31(6)22(21(20)28)23(33)29-16-8-9-18(27)15(2)12-16/h8-9,12,14,17,19,30H,7,10-11,13H2,1-6H3,(H,29,33). The van der Waals surface area contributed by atoms with E-state index in [1.165, 1.54) is 31.0 Å². The first-order chi connectivity index (χ1) is 18.5. The molecule has 1 saturated heterocycles. The molecule has 1 aliphatic heterocycles. The molecule has 220 valence electrons. The average molecular weight is 585 g/mol. The minimum atomic E-state index is -4.64. The number of esters is 1. The Bertz CT molecular complexity index is 1400. The molecule has 1 aromatic carbocycles. The number of rotatable bonds is 7. The Labute approximate surface area is 231 Å². The van der Waals surface area contributed by atoms with Crippen molar-refractivity contribution in [2.24, 2.45) is 13.0 Å². The fourth-order valence-corrected chi connectivity index (χ4v) is 5.68. The molecule has 2 amide bonds. The molecule has 0 aliphatic carbocycles. The summed E-state index contributed by atoms with van der Waals surface area (Å²) in [5.41, 5.74) is -0.945. The first kappa shape index (κ1) is 31.0. The number of hydrogen-bond acceptors (Lipinski definition) is 7. The fourth-order valence-electron chi connectivity index (χ4n) is 4.29. The number of carbonyl (C=O) groups excluding carboxylic acids is 3. The van der Waals surface area contributed by atoms with E-state index in [0.29, 0.717) is 0 Å². The number of aromatic nitrogens is 1. The molecule has 2 heterocycles. The van der Waals surface area contributed by atoms with Crippen LogP contribution < -0.4 is 10.0 Å². The summed E-state index contributed by atoms with van der Waals surface area (Å²) >= 11 is 0. The second-order valence-electron chi connectivity index (χ2n) is 10.5. The van der Waals surface area contributed by atoms with Crippen LogP contribution in [0.15, 0.2) is 29.3 Å². The maximum Gasteiger partial charge on any atom is 0.410 e. The first-order valence-corrected chi connectivity index (χ1v) is 14.1. The van der Waals surface area contributed by atoms with Gasteiger partial charge in [-0.3, -0.25) is 9.59 Å². The highest BCUT2D eigenvalue weighted by atomic mass is 32.2. The predicted octanol–water partition coefficient (Wildman–Crippen LogP) is 3.33. The Kier molecular flexibility index (Phi) is 9.24. The summed E-state index contributed by atoms with van der Waals surface area (Å²) in [4.78, 5) is 38.5. The van der Waals surface area contributed by atoms with Crippen molar-refractivity contribution in [2.45, 2.75) is 57.6 Å². The minimum absolute atomic E-state index is 0.0595. The van der Waals surface area contributed by atoms with Crippen LogP contribution in [-0.2, 0) is 31.3 Å². The van der Waals surface area contributed by atoms with E-state index < -0.39 is 67.8 Å². The molecule has 0 saturated carbocycles. The van der Waals surface area contributed by atoms with Crippen LogP contribution in [0.1, 0.15) is 50.2 Å². The van der Waals surface area contributed by atoms with Crippen molar-refractivity contribution < 1.29 is 41.1 Å². The molecule has 2 N–H and O–H groups in total. The second-order valence-corrected chi connectivity index (χ2v) is 12.2. The van der Waals surface area contributed by atoms with Gasteiger partial charge < -0.3 is 24.3 Å². The van der Waals surface area contributed by atoms with Crippen molar-refractivity contribution >= 4 is 33.7 Å². The lowest BCUT2D eigenvalue weighted by atomic mass is 9.92. The lowest BCUT2D eigenvalue weighted by Gasteiger charge is -2.38. The highest BCUT2D eigenvalue weighted by molar-refractivity contribution is 7.89. The molecular weight excluding hydrogens is 550 g/mol. The van der Waals surface area contributed by atoms with Crippen molar-refractivity contribution in [1.29, 1.82) is 0 Å². The zero-order valence-corrected chi connectivity index (χ0v) is 24.0. The van der Waals surface area contributed by atoms with E-state index in [4.69, 9.17) is 9.47 Å². The van der Waals surface area contributed by atoms with Crippen molar-refractivity contribution in [3.63, 3.8) is 0 Å². The molecule has 11 nitrogen and oxygen atoms in total. The van der Waals surface area contributed by atoms with Crippen molar-refractivity contribution in [3.8, 4) is 0 Å². The number of likely N-dealkylation sites (tertiary alicyclic amines) is 1. The van der Waals surface area contributed by atoms with Crippen LogP contribution in [0.3, 0.4) is 0 Å². The number of sulfonamides is 1. The highest BCUT2D eigenvalue weighted by Gasteiger charge is 2.41. The van der Waals surface area contributed by atoms with Crippen molar-refractivity contribution in [1.82, 2.24) is 14.2 Å². The summed E-state index contributed by atoms with van der Waals surface area (Å²) in [6, 6.07) is 2.61. The molecule has 1 fully saturated rings. The van der Waals surface area contributed by atoms with E-state index in [2.05, 4.69) is 10.0 Å². The molecule has 40 heavy (non-hydrogen) atoms. The van der Waals surface area contributed by atoms with Crippen LogP contribution in [0.2, 0.25) is 0 Å². The molecule has 14 heteroatoms. The third-order valence-corrected chi connectivity index (χ3v) is 7.65. The maximum absolute atomic E-state index is 15.5. The van der Waals surface area contributed by atoms with E-state index in [9.17, 15) is 27.2 Å². The van der Waals surface area contributed by atoms with E-state index in [1.54, 1.807) is 27.7 Å². The van der Waals surface area contributed by atoms with Gasteiger partial charge in [0, 0.05) is 32.0 Å². The Morgan fingerprint density at radius 3 is 2.45 bits per heavy atom. The van der Waals surface area contributed by atoms with Gasteiger partial charge in [-0.2, -0.15) is 0 Å². The van der Waals surface area contributed by atoms with Crippen molar-refractivity contribution in [3.05, 3.63) is 47.3 Å². The fraction of sp³-hybridized carbons (Fsp3) is 0.500. The van der Waals surface area contributed by atoms with Gasteiger partial charge in [-0.05, 0) is 64.8 Å². The third kappa shape index (κ3) is 7.16. The zero-order chi connectivity index (χ0) is 30.0. The number of ether oxygens (including phenoxy) is 2. The number of aryl methyl sites for hydroxylation is 2. The molecule has 3 rings (SSSR count). The van der Waals surface area contributed by atoms with Crippen LogP contribution in [0, 0.1) is 24.5 Å². The van der Waals surface area contributed by atoms with Gasteiger partial charge in [0.05, 0.1) is 18.6 Å². The van der Waals surface area contributed by atoms with Gasteiger partial charge >= 0.3 is 12.1 Å². The summed E-state index contributed by atoms with van der Waals surface area (Å²) in [7, 11) is -3.35. The van der Waals surface area contributed by atoms with Gasteiger partial charge in [-0.25, -0.2) is 26.7 Å². The van der Waals surface area contributed by atoms with Crippen molar-refractivity contribution in [2.75, 3.05) is 25.0 Å². The van der Waals surface area contributed by atoms with E-state index in [1.807, 2.05) is 0 Å². The van der Waals surface area contributed by atoms with Crippen LogP contribution >= 0.6 is 0 Å². The normalized spacial score (nSPS) is 17.9. The number of nitrogens with one attached hydrogen (secondary N) is 2. The van der Waals surface area contributed by atoms with E-state index in [-0.39, 0.29) is 37.4 Å². The summed E-state index contributed by atoms with van der Waals surface area (Å²) in [6.07, 6.45) is 0.309. The monoisotopic (exact) mass is 584 g/mol. The number of halogens is 2. The largest absolute Gasteiger partial charge is 0.466 e. The average Bonchev–Trinajstić information content (AvgIpc) is 3.15. The molecule has 2 aromatic rings. The van der Waals surface area contributed by atoms with Crippen LogP contribution in [-0.4, -0.2) is 67.2 Å². The van der Waals surface area contributed by atoms with Crippen LogP contribution in [0.5, 0.6) is 0 Å². The number of nitrogens with zero attached hydrogens (tertiary/aromatic N) is 2. The number of amides is 2. The maximum atomic E-state index is 15.5. The summed E-state index contributed by atoms with van der Waals surface area (Å²) in [5, 5.41) is 2.43. The van der Waals surface area contributed by atoms with Crippen LogP contribution in [0.25, 0.3) is 0 Å². The molecule has 2 atom stereocenters. The quantitative estimate of drug-likeness (QED) is 0.477. The Balaban J connectivity index is 1.88. The molecule has 1 aliphatic rings. The zero-order valence-electron chi connectivity index (χ0n) is 23.2.